The zero-order valence-electron chi connectivity index (χ0n) is 55.8. The first kappa shape index (κ1) is 69.1. The van der Waals surface area contributed by atoms with Crippen LogP contribution in [0.1, 0.15) is 123 Å². The van der Waals surface area contributed by atoms with Crippen LogP contribution in [0.3, 0.4) is 0 Å². The Kier molecular flexibility index (Phi) is 20.8. The number of nitrogens with one attached hydrogen (secondary N) is 3. The van der Waals surface area contributed by atoms with Gasteiger partial charge in [0.05, 0.1) is 44.3 Å². The number of nitriles is 1. The molecule has 9 N–H and O–H groups in total. The average molecular weight is 1390 g/mol. The number of nitrogens with zero attached hydrogens (tertiary/aromatic N) is 10. The van der Waals surface area contributed by atoms with Gasteiger partial charge in [-0.2, -0.15) is 18.4 Å². The molecule has 0 atom stereocenters. The Hall–Kier alpha value is -12.4. The maximum absolute atomic E-state index is 14.9. The minimum absolute atomic E-state index is 0.0422. The third-order valence-electron chi connectivity index (χ3n) is 18.8. The van der Waals surface area contributed by atoms with E-state index < -0.39 is 41.5 Å². The molecule has 0 spiro atoms. The molecule has 15 rings (SSSR count). The van der Waals surface area contributed by atoms with Crippen molar-refractivity contribution in [3.8, 4) is 39.4 Å². The minimum atomic E-state index is -4.72. The molecule has 6 aromatic carbocycles. The SMILES string of the molecule is N#Cc1cc(-c2cn(C3CCCC3)c3ncnc(N)c23)ccc1NC(=O)OCc1ccccc1.Nc1ncnc2c1c(-c1ccc(NC(=O)OCc3ccccc3)c(C(F)(F)F)c1)cn2C1CCCC1.Nc1ncnc2c1c(-c1ccc(NC(=O)OCc3ccccc3)c(F)c1)cn2C1CCCC1. The molecule has 12 aromatic rings. The van der Waals surface area contributed by atoms with Crippen LogP contribution in [0.4, 0.5) is 66.5 Å². The summed E-state index contributed by atoms with van der Waals surface area (Å²) >= 11 is 0. The molecular formula is C77H72F4N16O6. The lowest BCUT2D eigenvalue weighted by Gasteiger charge is -2.15. The van der Waals surface area contributed by atoms with E-state index in [1.54, 1.807) is 42.5 Å². The van der Waals surface area contributed by atoms with Crippen LogP contribution >= 0.6 is 0 Å². The van der Waals surface area contributed by atoms with Crippen molar-refractivity contribution in [3.05, 3.63) is 217 Å². The minimum Gasteiger partial charge on any atom is -0.444 e. The lowest BCUT2D eigenvalue weighted by Crippen LogP contribution is -2.17. The highest BCUT2D eigenvalue weighted by Crippen LogP contribution is 2.45. The van der Waals surface area contributed by atoms with Gasteiger partial charge in [-0.3, -0.25) is 16.0 Å². The number of hydrogen-bond donors (Lipinski definition) is 6. The van der Waals surface area contributed by atoms with E-state index in [-0.39, 0.29) is 37.4 Å². The van der Waals surface area contributed by atoms with Crippen LogP contribution in [-0.4, -0.2) is 61.9 Å². The normalized spacial score (nSPS) is 14.0. The maximum Gasteiger partial charge on any atom is 0.418 e. The molecule has 3 fully saturated rings. The number of ether oxygens (including phenoxy) is 3. The van der Waals surface area contributed by atoms with E-state index in [1.165, 1.54) is 68.9 Å². The standard InChI is InChI=1S/C26H24F3N5O2.C26H24N6O2.C25H24FN5O2/c27-26(28,29)20-12-17(10-11-21(20)33-25(35)36-14-16-6-2-1-3-7-16)19-13-34(18-8-4-5-9-18)24-22(19)23(30)31-15-32-24;27-13-19-12-18(10-11-22(19)31-26(33)34-15-17-6-2-1-3-7-17)21-14-32(20-8-4-5-9-20)25-23(21)24(28)29-16-30-25;26-20-12-17(10-11-21(20)30-25(32)33-14-16-6-2-1-3-7-16)19-13-31(18-8-4-5-9-18)24-22(19)23(27)28-15-29-24/h1-3,6-7,10-13,15,18H,4-5,8-9,14H2,(H,33,35)(H2,30,31,32);1-3,6-7,10-12,14,16,20H,4-5,8-9,15H2,(H,31,33)(H2,28,29,30);1-3,6-7,10-13,15,18H,4-5,8-9,14H2,(H,30,32)(H2,27,28,29). The van der Waals surface area contributed by atoms with Crippen LogP contribution in [0.2, 0.25) is 0 Å². The van der Waals surface area contributed by atoms with Gasteiger partial charge in [0.15, 0.2) is 0 Å². The Balaban J connectivity index is 0.000000138. The molecule has 103 heavy (non-hydrogen) atoms. The molecule has 6 heterocycles. The highest BCUT2D eigenvalue weighted by molar-refractivity contribution is 6.04. The Morgan fingerprint density at radius 3 is 1.15 bits per heavy atom. The molecule has 3 aliphatic carbocycles. The number of fused-ring (bicyclic) bond motifs is 3. The highest BCUT2D eigenvalue weighted by Gasteiger charge is 2.36. The monoisotopic (exact) mass is 1390 g/mol. The predicted molar refractivity (Wildman–Crippen MR) is 385 cm³/mol. The summed E-state index contributed by atoms with van der Waals surface area (Å²) in [6.45, 7) is 0.185. The van der Waals surface area contributed by atoms with Crippen molar-refractivity contribution in [2.75, 3.05) is 33.2 Å². The van der Waals surface area contributed by atoms with Crippen LogP contribution in [0.15, 0.2) is 183 Å². The Labute approximate surface area is 588 Å². The Morgan fingerprint density at radius 1 is 0.456 bits per heavy atom. The number of hydrogen-bond acceptors (Lipinski definition) is 16. The second-order valence-electron chi connectivity index (χ2n) is 25.4. The number of nitrogens with two attached hydrogens (primary N) is 3. The van der Waals surface area contributed by atoms with E-state index in [0.29, 0.717) is 68.1 Å². The van der Waals surface area contributed by atoms with Crippen molar-refractivity contribution in [1.82, 2.24) is 43.6 Å². The molecule has 6 aromatic heterocycles. The number of carbonyl (C=O) groups excluding carboxylic acids is 3. The topological polar surface area (TPSA) is 309 Å². The molecular weight excluding hydrogens is 1320 g/mol. The molecule has 0 unspecified atom stereocenters. The van der Waals surface area contributed by atoms with Crippen LogP contribution in [0.5, 0.6) is 0 Å². The van der Waals surface area contributed by atoms with Gasteiger partial charge in [0.25, 0.3) is 0 Å². The Morgan fingerprint density at radius 2 is 0.786 bits per heavy atom. The van der Waals surface area contributed by atoms with Crippen LogP contribution < -0.4 is 33.2 Å². The zero-order valence-corrected chi connectivity index (χ0v) is 55.8. The van der Waals surface area contributed by atoms with Gasteiger partial charge in [0.2, 0.25) is 0 Å². The molecule has 0 bridgehead atoms. The summed E-state index contributed by atoms with van der Waals surface area (Å²) in [6, 6.07) is 44.4. The van der Waals surface area contributed by atoms with Gasteiger partial charge in [0, 0.05) is 53.4 Å². The predicted octanol–water partition coefficient (Wildman–Crippen LogP) is 17.7. The number of carbonyl (C=O) groups is 3. The highest BCUT2D eigenvalue weighted by atomic mass is 19.4. The van der Waals surface area contributed by atoms with Gasteiger partial charge >= 0.3 is 24.5 Å². The number of rotatable bonds is 15. The largest absolute Gasteiger partial charge is 0.444 e. The number of benzene rings is 6. The van der Waals surface area contributed by atoms with E-state index in [4.69, 9.17) is 31.4 Å². The molecule has 0 saturated heterocycles. The number of amides is 3. The average Bonchev–Trinajstić information content (AvgIpc) is 1.63. The summed E-state index contributed by atoms with van der Waals surface area (Å²) < 4.78 is 78.9. The summed E-state index contributed by atoms with van der Waals surface area (Å²) in [5.41, 5.74) is 26.5. The molecule has 3 saturated carbocycles. The molecule has 0 aliphatic heterocycles. The van der Waals surface area contributed by atoms with E-state index in [1.807, 2.05) is 89.8 Å². The first-order valence-corrected chi connectivity index (χ1v) is 33.9. The van der Waals surface area contributed by atoms with Crippen molar-refractivity contribution in [2.24, 2.45) is 0 Å². The van der Waals surface area contributed by atoms with Crippen molar-refractivity contribution < 1.29 is 46.2 Å². The smallest absolute Gasteiger partial charge is 0.418 e. The van der Waals surface area contributed by atoms with E-state index >= 15 is 0 Å². The van der Waals surface area contributed by atoms with Crippen LogP contribution in [-0.2, 0) is 40.2 Å². The fourth-order valence-corrected chi connectivity index (χ4v) is 13.7. The third-order valence-corrected chi connectivity index (χ3v) is 18.8. The zero-order chi connectivity index (χ0) is 71.6. The lowest BCUT2D eigenvalue weighted by atomic mass is 10.0. The summed E-state index contributed by atoms with van der Waals surface area (Å²) in [5, 5.41) is 19.1. The van der Waals surface area contributed by atoms with Gasteiger partial charge in [-0.15, -0.1) is 0 Å². The van der Waals surface area contributed by atoms with Crippen molar-refractivity contribution >= 4 is 85.9 Å². The van der Waals surface area contributed by atoms with E-state index in [2.05, 4.69) is 67.3 Å². The van der Waals surface area contributed by atoms with Gasteiger partial charge in [-0.05, 0) is 108 Å². The first-order chi connectivity index (χ1) is 50.0. The number of nitrogen functional groups attached to an aromatic ring is 3. The van der Waals surface area contributed by atoms with Crippen molar-refractivity contribution in [1.29, 1.82) is 5.26 Å². The van der Waals surface area contributed by atoms with E-state index in [0.717, 1.165) is 107 Å². The second kappa shape index (κ2) is 31.0. The summed E-state index contributed by atoms with van der Waals surface area (Å²) in [7, 11) is 0. The summed E-state index contributed by atoms with van der Waals surface area (Å²) in [5.74, 6) is 0.397. The number of aromatic nitrogens is 9. The van der Waals surface area contributed by atoms with Crippen LogP contribution in [0, 0.1) is 17.1 Å². The van der Waals surface area contributed by atoms with Crippen LogP contribution in [0.25, 0.3) is 66.5 Å². The number of alkyl halides is 3. The first-order valence-electron chi connectivity index (χ1n) is 33.9. The van der Waals surface area contributed by atoms with E-state index in [9.17, 15) is 37.2 Å². The second-order valence-corrected chi connectivity index (χ2v) is 25.4. The number of anilines is 6. The van der Waals surface area contributed by atoms with Gasteiger partial charge in [0.1, 0.15) is 85.1 Å². The quantitative estimate of drug-likeness (QED) is 0.0410. The molecule has 3 amide bonds. The summed E-state index contributed by atoms with van der Waals surface area (Å²) in [6.07, 6.45) is 16.3. The molecule has 0 radical (unpaired) electrons. The fourth-order valence-electron chi connectivity index (χ4n) is 13.7. The van der Waals surface area contributed by atoms with Crippen molar-refractivity contribution in [2.45, 2.75) is 121 Å². The Bertz CT molecular complexity index is 5090. The molecule has 3 aliphatic rings. The van der Waals surface area contributed by atoms with Gasteiger partial charge in [-0.1, -0.05) is 148 Å². The third kappa shape index (κ3) is 15.8. The van der Waals surface area contributed by atoms with Gasteiger partial charge in [-0.25, -0.2) is 48.7 Å². The molecule has 22 nitrogen and oxygen atoms in total. The molecule has 524 valence electrons. The van der Waals surface area contributed by atoms with Gasteiger partial charge < -0.3 is 45.1 Å². The van der Waals surface area contributed by atoms with Crippen molar-refractivity contribution in [3.63, 3.8) is 0 Å². The summed E-state index contributed by atoms with van der Waals surface area (Å²) in [4.78, 5) is 62.4. The fraction of sp³-hybridized carbons (Fsp3) is 0.247. The maximum atomic E-state index is 14.9. The number of halogens is 4. The lowest BCUT2D eigenvalue weighted by molar-refractivity contribution is -0.136. The molecule has 26 heteroatoms.